The van der Waals surface area contributed by atoms with Crippen LogP contribution in [-0.2, 0) is 0 Å². The van der Waals surface area contributed by atoms with Gasteiger partial charge < -0.3 is 4.42 Å². The van der Waals surface area contributed by atoms with Crippen molar-refractivity contribution in [3.8, 4) is 56.4 Å². The van der Waals surface area contributed by atoms with Gasteiger partial charge in [0.1, 0.15) is 11.2 Å². The topological polar surface area (TPSA) is 51.8 Å². The van der Waals surface area contributed by atoms with Crippen LogP contribution >= 0.6 is 0 Å². The van der Waals surface area contributed by atoms with Gasteiger partial charge in [0.05, 0.1) is 0 Å². The van der Waals surface area contributed by atoms with Crippen molar-refractivity contribution >= 4 is 54.3 Å². The van der Waals surface area contributed by atoms with Crippen molar-refractivity contribution in [3.63, 3.8) is 0 Å². The Balaban J connectivity index is 1.08. The van der Waals surface area contributed by atoms with Crippen LogP contribution < -0.4 is 0 Å². The first-order valence-electron chi connectivity index (χ1n) is 18.5. The largest absolute Gasteiger partial charge is 0.456 e. The van der Waals surface area contributed by atoms with Crippen LogP contribution in [0, 0.1) is 0 Å². The summed E-state index contributed by atoms with van der Waals surface area (Å²) in [5.74, 6) is 1.88. The fourth-order valence-corrected chi connectivity index (χ4v) is 7.99. The van der Waals surface area contributed by atoms with E-state index in [1.54, 1.807) is 0 Å². The molecule has 0 amide bonds. The Labute approximate surface area is 317 Å². The molecule has 0 aliphatic rings. The maximum absolute atomic E-state index is 6.28. The van der Waals surface area contributed by atoms with Crippen LogP contribution in [0.4, 0.5) is 0 Å². The minimum absolute atomic E-state index is 0.626. The van der Waals surface area contributed by atoms with Crippen LogP contribution in [0.25, 0.3) is 111 Å². The van der Waals surface area contributed by atoms with Crippen molar-refractivity contribution < 1.29 is 4.42 Å². The molecule has 11 aromatic rings. The number of aromatic nitrogens is 3. The van der Waals surface area contributed by atoms with E-state index in [2.05, 4.69) is 170 Å². The number of fused-ring (bicyclic) bond motifs is 6. The molecule has 0 aliphatic heterocycles. The number of hydrogen-bond donors (Lipinski definition) is 0. The van der Waals surface area contributed by atoms with E-state index in [0.717, 1.165) is 71.5 Å². The zero-order chi connectivity index (χ0) is 36.3. The molecule has 0 aliphatic carbocycles. The highest BCUT2D eigenvalue weighted by Crippen LogP contribution is 2.41. The molecule has 55 heavy (non-hydrogen) atoms. The van der Waals surface area contributed by atoms with E-state index >= 15 is 0 Å². The summed E-state index contributed by atoms with van der Waals surface area (Å²) in [4.78, 5) is 15.5. The highest BCUT2D eigenvalue weighted by molar-refractivity contribution is 6.16. The van der Waals surface area contributed by atoms with Gasteiger partial charge in [-0.25, -0.2) is 15.0 Å². The van der Waals surface area contributed by atoms with E-state index < -0.39 is 0 Å². The van der Waals surface area contributed by atoms with E-state index in [0.29, 0.717) is 17.5 Å². The fourth-order valence-electron chi connectivity index (χ4n) is 7.99. The Kier molecular flexibility index (Phi) is 7.14. The van der Waals surface area contributed by atoms with Gasteiger partial charge in [0.15, 0.2) is 17.5 Å². The molecule has 0 saturated carbocycles. The van der Waals surface area contributed by atoms with Crippen molar-refractivity contribution in [1.29, 1.82) is 0 Å². The number of hydrogen-bond acceptors (Lipinski definition) is 4. The summed E-state index contributed by atoms with van der Waals surface area (Å²) in [6, 6.07) is 65.8. The third kappa shape index (κ3) is 5.34. The van der Waals surface area contributed by atoms with Crippen LogP contribution in [0.3, 0.4) is 0 Å². The number of nitrogens with zero attached hydrogens (tertiary/aromatic N) is 3. The van der Waals surface area contributed by atoms with Crippen LogP contribution in [0.5, 0.6) is 0 Å². The fraction of sp³-hybridized carbons (Fsp3) is 0. The van der Waals surface area contributed by atoms with Gasteiger partial charge in [-0.15, -0.1) is 0 Å². The lowest BCUT2D eigenvalue weighted by atomic mass is 9.92. The number of furan rings is 1. The van der Waals surface area contributed by atoms with Gasteiger partial charge in [-0.3, -0.25) is 0 Å². The molecule has 0 N–H and O–H groups in total. The Morgan fingerprint density at radius 3 is 1.55 bits per heavy atom. The first-order chi connectivity index (χ1) is 27.2. The van der Waals surface area contributed by atoms with Gasteiger partial charge in [0.25, 0.3) is 0 Å². The van der Waals surface area contributed by atoms with Gasteiger partial charge in [0.2, 0.25) is 0 Å². The summed E-state index contributed by atoms with van der Waals surface area (Å²) in [6.45, 7) is 0. The Hall–Kier alpha value is -7.43. The van der Waals surface area contributed by atoms with E-state index in [4.69, 9.17) is 19.4 Å². The predicted molar refractivity (Wildman–Crippen MR) is 227 cm³/mol. The molecule has 0 unspecified atom stereocenters. The lowest BCUT2D eigenvalue weighted by Gasteiger charge is -2.14. The zero-order valence-corrected chi connectivity index (χ0v) is 29.6. The monoisotopic (exact) mass is 701 g/mol. The van der Waals surface area contributed by atoms with Crippen molar-refractivity contribution in [2.45, 2.75) is 0 Å². The van der Waals surface area contributed by atoms with Crippen LogP contribution in [0.15, 0.2) is 192 Å². The first-order valence-corrected chi connectivity index (χ1v) is 18.5. The predicted octanol–water partition coefficient (Wildman–Crippen LogP) is 13.6. The average molecular weight is 702 g/mol. The lowest BCUT2D eigenvalue weighted by Crippen LogP contribution is -2.01. The minimum atomic E-state index is 0.626. The molecule has 0 fully saturated rings. The number of para-hydroxylation sites is 1. The van der Waals surface area contributed by atoms with E-state index in [1.807, 2.05) is 18.2 Å². The molecule has 0 bridgehead atoms. The van der Waals surface area contributed by atoms with Gasteiger partial charge in [-0.1, -0.05) is 158 Å². The van der Waals surface area contributed by atoms with Gasteiger partial charge >= 0.3 is 0 Å². The summed E-state index contributed by atoms with van der Waals surface area (Å²) < 4.78 is 6.28. The second kappa shape index (κ2) is 12.6. The van der Waals surface area contributed by atoms with Crippen LogP contribution in [0.2, 0.25) is 0 Å². The van der Waals surface area contributed by atoms with E-state index in [1.165, 1.54) is 21.7 Å². The molecule has 0 radical (unpaired) electrons. The van der Waals surface area contributed by atoms with Crippen molar-refractivity contribution in [2.75, 3.05) is 0 Å². The minimum Gasteiger partial charge on any atom is -0.456 e. The van der Waals surface area contributed by atoms with E-state index in [-0.39, 0.29) is 0 Å². The zero-order valence-electron chi connectivity index (χ0n) is 29.6. The molecule has 9 aromatic carbocycles. The van der Waals surface area contributed by atoms with Crippen LogP contribution in [0.1, 0.15) is 0 Å². The average Bonchev–Trinajstić information content (AvgIpc) is 3.65. The Bertz CT molecular complexity index is 3270. The smallest absolute Gasteiger partial charge is 0.164 e. The summed E-state index contributed by atoms with van der Waals surface area (Å²) >= 11 is 0. The van der Waals surface area contributed by atoms with Gasteiger partial charge in [-0.05, 0) is 84.9 Å². The molecule has 4 heteroatoms. The highest BCUT2D eigenvalue weighted by Gasteiger charge is 2.19. The van der Waals surface area contributed by atoms with Gasteiger partial charge in [-0.2, -0.15) is 0 Å². The Morgan fingerprint density at radius 1 is 0.291 bits per heavy atom. The molecule has 0 spiro atoms. The molecule has 0 saturated heterocycles. The number of benzene rings is 9. The summed E-state index contributed by atoms with van der Waals surface area (Å²) in [6.07, 6.45) is 0. The molecule has 2 aromatic heterocycles. The van der Waals surface area contributed by atoms with E-state index in [9.17, 15) is 0 Å². The normalized spacial score (nSPS) is 11.6. The quantitative estimate of drug-likeness (QED) is 0.179. The summed E-state index contributed by atoms with van der Waals surface area (Å²) in [7, 11) is 0. The molecule has 11 rings (SSSR count). The van der Waals surface area contributed by atoms with Crippen molar-refractivity contribution in [3.05, 3.63) is 188 Å². The third-order valence-corrected chi connectivity index (χ3v) is 10.7. The van der Waals surface area contributed by atoms with Crippen molar-refractivity contribution in [2.24, 2.45) is 0 Å². The van der Waals surface area contributed by atoms with Gasteiger partial charge in [0, 0.05) is 27.5 Å². The molecular formula is C51H31N3O. The second-order valence-corrected chi connectivity index (χ2v) is 14.0. The first kappa shape index (κ1) is 31.1. The highest BCUT2D eigenvalue weighted by atomic mass is 16.3. The maximum atomic E-state index is 6.28. The third-order valence-electron chi connectivity index (χ3n) is 10.7. The SMILES string of the molecule is c1ccc2cc(-c3ccc(-c4nc(-c5ccc6ccccc6c5)nc(-c5ccc(-c6cccc7oc8ccccc8c67)c6ccccc56)n4)cc3)ccc2c1. The standard InChI is InChI=1S/C51H31N3O/c1-3-12-36-30-38(26-22-32(36)10-1)34-20-24-35(25-21-34)49-52-50(39-27-23-33-11-2-4-13-37(33)31-39)54-51(53-49)44-29-28-42(40-14-5-6-15-41(40)44)43-17-9-19-47-48(43)45-16-7-8-18-46(45)55-47/h1-31H. The van der Waals surface area contributed by atoms with Crippen molar-refractivity contribution in [1.82, 2.24) is 15.0 Å². The summed E-state index contributed by atoms with van der Waals surface area (Å²) in [5.41, 5.74) is 9.14. The lowest BCUT2D eigenvalue weighted by molar-refractivity contribution is 0.669. The summed E-state index contributed by atoms with van der Waals surface area (Å²) in [5, 5.41) is 9.17. The molecule has 2 heterocycles. The molecule has 4 nitrogen and oxygen atoms in total. The number of rotatable bonds is 5. The Morgan fingerprint density at radius 2 is 0.800 bits per heavy atom. The maximum Gasteiger partial charge on any atom is 0.164 e. The molecule has 0 atom stereocenters. The molecular weight excluding hydrogens is 671 g/mol. The second-order valence-electron chi connectivity index (χ2n) is 14.0. The molecule has 256 valence electrons. The van der Waals surface area contributed by atoms with Crippen LogP contribution in [-0.4, -0.2) is 15.0 Å².